The van der Waals surface area contributed by atoms with Crippen molar-refractivity contribution in [3.05, 3.63) is 77.7 Å². The van der Waals surface area contributed by atoms with E-state index in [4.69, 9.17) is 15.0 Å². The summed E-state index contributed by atoms with van der Waals surface area (Å²) in [4.78, 5) is 4.70. The van der Waals surface area contributed by atoms with Gasteiger partial charge in [-0.2, -0.15) is 5.26 Å². The highest BCUT2D eigenvalue weighted by atomic mass is 32.1. The van der Waals surface area contributed by atoms with E-state index in [1.807, 2.05) is 35.7 Å². The van der Waals surface area contributed by atoms with E-state index < -0.39 is 0 Å². The zero-order chi connectivity index (χ0) is 16.4. The van der Waals surface area contributed by atoms with Crippen LogP contribution in [0.25, 0.3) is 21.3 Å². The Balaban J connectivity index is 1.78. The Morgan fingerprint density at radius 3 is 2.50 bits per heavy atom. The molecule has 3 nitrogen and oxygen atoms in total. The lowest BCUT2D eigenvalue weighted by atomic mass is 10.1. The van der Waals surface area contributed by atoms with Gasteiger partial charge in [-0.1, -0.05) is 30.3 Å². The van der Waals surface area contributed by atoms with Crippen LogP contribution in [0, 0.1) is 11.3 Å². The number of ether oxygens (including phenoxy) is 1. The lowest BCUT2D eigenvalue weighted by Gasteiger charge is -2.09. The molecule has 114 valence electrons. The molecule has 0 N–H and O–H groups in total. The van der Waals surface area contributed by atoms with Gasteiger partial charge in [0.05, 0.1) is 22.0 Å². The minimum absolute atomic E-state index is 0.589. The first-order valence-electron chi connectivity index (χ1n) is 7.45. The van der Waals surface area contributed by atoms with Gasteiger partial charge >= 0.3 is 0 Å². The van der Waals surface area contributed by atoms with E-state index in [1.54, 1.807) is 35.6 Å². The van der Waals surface area contributed by atoms with Crippen molar-refractivity contribution in [3.63, 3.8) is 0 Å². The monoisotopic (exact) mass is 328 g/mol. The van der Waals surface area contributed by atoms with E-state index in [0.29, 0.717) is 17.2 Å². The predicted molar refractivity (Wildman–Crippen MR) is 96.3 cm³/mol. The Kier molecular flexibility index (Phi) is 3.70. The molecule has 0 aliphatic rings. The van der Waals surface area contributed by atoms with E-state index in [0.717, 1.165) is 21.3 Å². The Bertz CT molecular complexity index is 1030. The first-order chi connectivity index (χ1) is 11.8. The van der Waals surface area contributed by atoms with Gasteiger partial charge in [0.15, 0.2) is 0 Å². The highest BCUT2D eigenvalue weighted by Gasteiger charge is 2.11. The van der Waals surface area contributed by atoms with Gasteiger partial charge in [-0.3, -0.25) is 0 Å². The summed E-state index contributed by atoms with van der Waals surface area (Å²) in [6, 6.07) is 23.3. The molecule has 0 atom stereocenters. The van der Waals surface area contributed by atoms with Gasteiger partial charge in [-0.25, -0.2) is 4.98 Å². The SMILES string of the molecule is N#Cc1ccc(Oc2nc(-c3ccccc3)cc3ccsc23)cc1. The number of fused-ring (bicyclic) bond motifs is 1. The van der Waals surface area contributed by atoms with Crippen molar-refractivity contribution in [1.82, 2.24) is 4.98 Å². The largest absolute Gasteiger partial charge is 0.438 e. The minimum Gasteiger partial charge on any atom is -0.438 e. The summed E-state index contributed by atoms with van der Waals surface area (Å²) >= 11 is 1.60. The molecule has 0 aliphatic carbocycles. The summed E-state index contributed by atoms with van der Waals surface area (Å²) < 4.78 is 7.01. The van der Waals surface area contributed by atoms with Gasteiger partial charge in [-0.05, 0) is 41.8 Å². The van der Waals surface area contributed by atoms with Gasteiger partial charge in [0.25, 0.3) is 0 Å². The number of hydrogen-bond donors (Lipinski definition) is 0. The standard InChI is InChI=1S/C20H12N2OS/c21-13-14-6-8-17(9-7-14)23-20-19-16(10-11-24-19)12-18(22-20)15-4-2-1-3-5-15/h1-12H. The molecule has 0 aliphatic heterocycles. The average Bonchev–Trinajstić information content (AvgIpc) is 3.12. The molecule has 4 aromatic rings. The zero-order valence-corrected chi connectivity index (χ0v) is 13.5. The normalized spacial score (nSPS) is 10.5. The third-order valence-electron chi connectivity index (χ3n) is 3.67. The van der Waals surface area contributed by atoms with E-state index in [-0.39, 0.29) is 0 Å². The van der Waals surface area contributed by atoms with Gasteiger partial charge in [0, 0.05) is 10.9 Å². The van der Waals surface area contributed by atoms with Crippen molar-refractivity contribution in [3.8, 4) is 29.0 Å². The van der Waals surface area contributed by atoms with Crippen LogP contribution in [0.2, 0.25) is 0 Å². The topological polar surface area (TPSA) is 45.9 Å². The molecule has 0 radical (unpaired) electrons. The minimum atomic E-state index is 0.589. The number of pyridine rings is 1. The highest BCUT2D eigenvalue weighted by Crippen LogP contribution is 2.35. The number of hydrogen-bond acceptors (Lipinski definition) is 4. The lowest BCUT2D eigenvalue weighted by Crippen LogP contribution is -1.91. The fourth-order valence-electron chi connectivity index (χ4n) is 2.48. The summed E-state index contributed by atoms with van der Waals surface area (Å²) in [5, 5.41) is 12.0. The summed E-state index contributed by atoms with van der Waals surface area (Å²) in [6.07, 6.45) is 0. The first-order valence-corrected chi connectivity index (χ1v) is 8.33. The van der Waals surface area contributed by atoms with E-state index in [1.165, 1.54) is 0 Å². The van der Waals surface area contributed by atoms with Crippen LogP contribution in [0.1, 0.15) is 5.56 Å². The molecular formula is C20H12N2OS. The highest BCUT2D eigenvalue weighted by molar-refractivity contribution is 7.17. The quantitative estimate of drug-likeness (QED) is 0.490. The Morgan fingerprint density at radius 1 is 0.958 bits per heavy atom. The second-order valence-electron chi connectivity index (χ2n) is 5.26. The van der Waals surface area contributed by atoms with Crippen molar-refractivity contribution in [2.75, 3.05) is 0 Å². The van der Waals surface area contributed by atoms with Crippen molar-refractivity contribution in [2.24, 2.45) is 0 Å². The van der Waals surface area contributed by atoms with Gasteiger partial charge in [-0.15, -0.1) is 11.3 Å². The van der Waals surface area contributed by atoms with Crippen LogP contribution in [-0.4, -0.2) is 4.98 Å². The second-order valence-corrected chi connectivity index (χ2v) is 6.17. The predicted octanol–water partition coefficient (Wildman–Crippen LogP) is 5.63. The molecule has 0 saturated carbocycles. The molecule has 0 saturated heterocycles. The van der Waals surface area contributed by atoms with Crippen molar-refractivity contribution in [2.45, 2.75) is 0 Å². The Morgan fingerprint density at radius 2 is 1.75 bits per heavy atom. The number of nitrogens with zero attached hydrogens (tertiary/aromatic N) is 2. The number of aromatic nitrogens is 1. The van der Waals surface area contributed by atoms with Crippen molar-refractivity contribution < 1.29 is 4.74 Å². The average molecular weight is 328 g/mol. The molecule has 0 bridgehead atoms. The van der Waals surface area contributed by atoms with Crippen LogP contribution in [0.4, 0.5) is 0 Å². The maximum absolute atomic E-state index is 8.89. The second kappa shape index (κ2) is 6.15. The summed E-state index contributed by atoms with van der Waals surface area (Å²) in [5.74, 6) is 1.26. The number of nitriles is 1. The Labute approximate surface area is 143 Å². The molecule has 0 amide bonds. The molecule has 4 heteroatoms. The molecular weight excluding hydrogens is 316 g/mol. The third-order valence-corrected chi connectivity index (χ3v) is 4.59. The number of rotatable bonds is 3. The Hall–Kier alpha value is -3.16. The third kappa shape index (κ3) is 2.73. The summed E-state index contributed by atoms with van der Waals surface area (Å²) in [7, 11) is 0. The molecule has 2 aromatic carbocycles. The van der Waals surface area contributed by atoms with E-state index >= 15 is 0 Å². The smallest absolute Gasteiger partial charge is 0.237 e. The maximum Gasteiger partial charge on any atom is 0.237 e. The van der Waals surface area contributed by atoms with Crippen molar-refractivity contribution >= 4 is 21.4 Å². The van der Waals surface area contributed by atoms with Gasteiger partial charge < -0.3 is 4.74 Å². The number of benzene rings is 2. The molecule has 0 unspecified atom stereocenters. The number of thiophene rings is 1. The van der Waals surface area contributed by atoms with E-state index in [2.05, 4.69) is 18.2 Å². The van der Waals surface area contributed by atoms with Crippen LogP contribution in [-0.2, 0) is 0 Å². The molecule has 0 fully saturated rings. The fraction of sp³-hybridized carbons (Fsp3) is 0. The molecule has 0 spiro atoms. The van der Waals surface area contributed by atoms with Gasteiger partial charge in [0.2, 0.25) is 5.88 Å². The maximum atomic E-state index is 8.89. The van der Waals surface area contributed by atoms with Crippen LogP contribution in [0.5, 0.6) is 11.6 Å². The molecule has 2 heterocycles. The fourth-order valence-corrected chi connectivity index (χ4v) is 3.28. The first kappa shape index (κ1) is 14.4. The van der Waals surface area contributed by atoms with Crippen molar-refractivity contribution in [1.29, 1.82) is 5.26 Å². The van der Waals surface area contributed by atoms with Crippen LogP contribution in [0.15, 0.2) is 72.1 Å². The van der Waals surface area contributed by atoms with Crippen LogP contribution >= 0.6 is 11.3 Å². The molecule has 4 rings (SSSR count). The van der Waals surface area contributed by atoms with Gasteiger partial charge in [0.1, 0.15) is 5.75 Å². The lowest BCUT2D eigenvalue weighted by molar-refractivity contribution is 0.470. The van der Waals surface area contributed by atoms with Crippen LogP contribution < -0.4 is 4.74 Å². The summed E-state index contributed by atoms with van der Waals surface area (Å²) in [6.45, 7) is 0. The summed E-state index contributed by atoms with van der Waals surface area (Å²) in [5.41, 5.74) is 2.54. The van der Waals surface area contributed by atoms with E-state index in [9.17, 15) is 0 Å². The molecule has 2 aromatic heterocycles. The van der Waals surface area contributed by atoms with Crippen LogP contribution in [0.3, 0.4) is 0 Å². The molecule has 24 heavy (non-hydrogen) atoms. The zero-order valence-electron chi connectivity index (χ0n) is 12.6.